The average Bonchev–Trinajstić information content (AvgIpc) is 2.52. The second-order valence-corrected chi connectivity index (χ2v) is 2.98. The molecule has 0 aromatic carbocycles. The van der Waals surface area contributed by atoms with Crippen LogP contribution in [0.3, 0.4) is 0 Å². The second kappa shape index (κ2) is 22.4. The van der Waals surface area contributed by atoms with Crippen LogP contribution < -0.4 is 0 Å². The summed E-state index contributed by atoms with van der Waals surface area (Å²) in [5, 5.41) is 0. The standard InChI is InChI=1S/C15H20O.2C2H6/c1-5-9-12-14(8-4)16-15(11-7-3)13-10-6-2;2*1-2/h5-13H,1H2,2-4H3;2*1-2H3/b10-6-,11-7-,12-9-,14-8+,15-13+;;. The van der Waals surface area contributed by atoms with Gasteiger partial charge in [-0.05, 0) is 45.1 Å². The fourth-order valence-electron chi connectivity index (χ4n) is 0.967. The van der Waals surface area contributed by atoms with Crippen molar-refractivity contribution in [1.82, 2.24) is 0 Å². The molecule has 0 saturated carbocycles. The molecule has 0 heterocycles. The lowest BCUT2D eigenvalue weighted by Gasteiger charge is -2.06. The van der Waals surface area contributed by atoms with Crippen LogP contribution in [0.5, 0.6) is 0 Å². The van der Waals surface area contributed by atoms with Gasteiger partial charge in [0.1, 0.15) is 11.5 Å². The van der Waals surface area contributed by atoms with E-state index >= 15 is 0 Å². The van der Waals surface area contributed by atoms with Gasteiger partial charge >= 0.3 is 0 Å². The third-order valence-electron chi connectivity index (χ3n) is 1.70. The molecule has 0 rings (SSSR count). The SMILES string of the molecule is C=C/C=C\C(=C/C)OC(/C=C\C)=C/C=C\C.CC.CC. The molecule has 1 nitrogen and oxygen atoms in total. The first kappa shape index (κ1) is 23.3. The van der Waals surface area contributed by atoms with E-state index in [2.05, 4.69) is 6.58 Å². The zero-order valence-corrected chi connectivity index (χ0v) is 14.3. The van der Waals surface area contributed by atoms with E-state index < -0.39 is 0 Å². The molecular formula is C19H32O. The molecule has 114 valence electrons. The van der Waals surface area contributed by atoms with E-state index in [9.17, 15) is 0 Å². The van der Waals surface area contributed by atoms with Gasteiger partial charge in [-0.15, -0.1) is 0 Å². The molecule has 0 aromatic heterocycles. The first-order valence-corrected chi connectivity index (χ1v) is 7.37. The smallest absolute Gasteiger partial charge is 0.127 e. The Bertz CT molecular complexity index is 339. The third kappa shape index (κ3) is 16.2. The Labute approximate surface area is 126 Å². The van der Waals surface area contributed by atoms with Gasteiger partial charge in [-0.1, -0.05) is 64.7 Å². The minimum absolute atomic E-state index is 0.800. The zero-order valence-electron chi connectivity index (χ0n) is 14.3. The molecule has 20 heavy (non-hydrogen) atoms. The Morgan fingerprint density at radius 2 is 1.40 bits per heavy atom. The molecule has 0 saturated heterocycles. The van der Waals surface area contributed by atoms with E-state index in [1.54, 1.807) is 6.08 Å². The van der Waals surface area contributed by atoms with Crippen molar-refractivity contribution in [3.8, 4) is 0 Å². The van der Waals surface area contributed by atoms with Crippen LogP contribution in [0, 0.1) is 0 Å². The highest BCUT2D eigenvalue weighted by atomic mass is 16.5. The van der Waals surface area contributed by atoms with Gasteiger partial charge in [0.15, 0.2) is 0 Å². The Morgan fingerprint density at radius 3 is 1.80 bits per heavy atom. The maximum atomic E-state index is 5.69. The predicted molar refractivity (Wildman–Crippen MR) is 94.6 cm³/mol. The summed E-state index contributed by atoms with van der Waals surface area (Å²) in [6, 6.07) is 0. The van der Waals surface area contributed by atoms with Gasteiger partial charge in [-0.25, -0.2) is 0 Å². The quantitative estimate of drug-likeness (QED) is 0.385. The van der Waals surface area contributed by atoms with Gasteiger partial charge in [-0.3, -0.25) is 0 Å². The van der Waals surface area contributed by atoms with Crippen molar-refractivity contribution in [2.24, 2.45) is 0 Å². The maximum absolute atomic E-state index is 5.69. The molecule has 0 radical (unpaired) electrons. The van der Waals surface area contributed by atoms with Crippen LogP contribution in [-0.2, 0) is 4.74 Å². The highest BCUT2D eigenvalue weighted by Crippen LogP contribution is 2.10. The lowest BCUT2D eigenvalue weighted by atomic mass is 10.3. The van der Waals surface area contributed by atoms with Gasteiger partial charge in [-0.2, -0.15) is 0 Å². The summed E-state index contributed by atoms with van der Waals surface area (Å²) in [7, 11) is 0. The van der Waals surface area contributed by atoms with Crippen molar-refractivity contribution in [2.45, 2.75) is 48.5 Å². The Balaban J connectivity index is -0.000000656. The van der Waals surface area contributed by atoms with E-state index in [-0.39, 0.29) is 0 Å². The third-order valence-corrected chi connectivity index (χ3v) is 1.70. The van der Waals surface area contributed by atoms with Crippen molar-refractivity contribution in [3.63, 3.8) is 0 Å². The van der Waals surface area contributed by atoms with Crippen LogP contribution in [0.4, 0.5) is 0 Å². The van der Waals surface area contributed by atoms with Gasteiger partial charge in [0.25, 0.3) is 0 Å². The number of hydrogen-bond acceptors (Lipinski definition) is 1. The lowest BCUT2D eigenvalue weighted by Crippen LogP contribution is -1.87. The van der Waals surface area contributed by atoms with Crippen LogP contribution >= 0.6 is 0 Å². The van der Waals surface area contributed by atoms with Crippen LogP contribution in [0.15, 0.2) is 72.8 Å². The summed E-state index contributed by atoms with van der Waals surface area (Å²) in [4.78, 5) is 0. The summed E-state index contributed by atoms with van der Waals surface area (Å²) >= 11 is 0. The van der Waals surface area contributed by atoms with Gasteiger partial charge in [0.05, 0.1) is 0 Å². The van der Waals surface area contributed by atoms with E-state index in [1.165, 1.54) is 0 Å². The topological polar surface area (TPSA) is 9.23 Å². The minimum Gasteiger partial charge on any atom is -0.458 e. The van der Waals surface area contributed by atoms with E-state index in [1.807, 2.05) is 97.1 Å². The highest BCUT2D eigenvalue weighted by Gasteiger charge is 1.94. The van der Waals surface area contributed by atoms with E-state index in [0.717, 1.165) is 11.5 Å². The normalized spacial score (nSPS) is 11.9. The fraction of sp³-hybridized carbons (Fsp3) is 0.368. The molecule has 0 atom stereocenters. The molecule has 0 bridgehead atoms. The predicted octanol–water partition coefficient (Wildman–Crippen LogP) is 6.74. The molecule has 0 aliphatic carbocycles. The zero-order chi connectivity index (χ0) is 16.2. The first-order valence-electron chi connectivity index (χ1n) is 7.37. The molecule has 0 aliphatic heterocycles. The Morgan fingerprint density at radius 1 is 0.800 bits per heavy atom. The molecule has 0 unspecified atom stereocenters. The highest BCUT2D eigenvalue weighted by molar-refractivity contribution is 5.24. The molecule has 0 aliphatic rings. The van der Waals surface area contributed by atoms with Gasteiger partial charge in [0.2, 0.25) is 0 Å². The van der Waals surface area contributed by atoms with Crippen molar-refractivity contribution in [1.29, 1.82) is 0 Å². The number of hydrogen-bond donors (Lipinski definition) is 0. The Hall–Kier alpha value is -1.76. The van der Waals surface area contributed by atoms with Gasteiger partial charge in [0, 0.05) is 0 Å². The van der Waals surface area contributed by atoms with Crippen LogP contribution in [0.1, 0.15) is 48.5 Å². The molecule has 1 heteroatoms. The summed E-state index contributed by atoms with van der Waals surface area (Å²) in [5.74, 6) is 1.61. The molecule has 0 fully saturated rings. The number of ether oxygens (including phenoxy) is 1. The van der Waals surface area contributed by atoms with Crippen molar-refractivity contribution < 1.29 is 4.74 Å². The Kier molecular flexibility index (Phi) is 26.2. The molecule has 0 spiro atoms. The maximum Gasteiger partial charge on any atom is 0.127 e. The van der Waals surface area contributed by atoms with Crippen LogP contribution in [0.25, 0.3) is 0 Å². The van der Waals surface area contributed by atoms with Gasteiger partial charge < -0.3 is 4.74 Å². The van der Waals surface area contributed by atoms with E-state index in [0.29, 0.717) is 0 Å². The van der Waals surface area contributed by atoms with Crippen molar-refractivity contribution >= 4 is 0 Å². The summed E-state index contributed by atoms with van der Waals surface area (Å²) in [5.41, 5.74) is 0. The lowest BCUT2D eigenvalue weighted by molar-refractivity contribution is 0.335. The largest absolute Gasteiger partial charge is 0.458 e. The van der Waals surface area contributed by atoms with Crippen molar-refractivity contribution in [3.05, 3.63) is 72.8 Å². The fourth-order valence-corrected chi connectivity index (χ4v) is 0.967. The second-order valence-electron chi connectivity index (χ2n) is 2.98. The van der Waals surface area contributed by atoms with Crippen LogP contribution in [0.2, 0.25) is 0 Å². The first-order chi connectivity index (χ1) is 9.78. The summed E-state index contributed by atoms with van der Waals surface area (Å²) in [6.07, 6.45) is 17.0. The monoisotopic (exact) mass is 276 g/mol. The molecule has 0 N–H and O–H groups in total. The van der Waals surface area contributed by atoms with Crippen LogP contribution in [-0.4, -0.2) is 0 Å². The average molecular weight is 276 g/mol. The van der Waals surface area contributed by atoms with E-state index in [4.69, 9.17) is 4.74 Å². The molecule has 0 aromatic rings. The molecular weight excluding hydrogens is 244 g/mol. The van der Waals surface area contributed by atoms with Crippen molar-refractivity contribution in [2.75, 3.05) is 0 Å². The molecule has 0 amide bonds. The summed E-state index contributed by atoms with van der Waals surface area (Å²) < 4.78 is 5.69. The summed E-state index contributed by atoms with van der Waals surface area (Å²) in [6.45, 7) is 17.5. The minimum atomic E-state index is 0.800. The number of allylic oxidation sites excluding steroid dienone is 9. The number of rotatable bonds is 6.